The lowest BCUT2D eigenvalue weighted by molar-refractivity contribution is 0.372. The summed E-state index contributed by atoms with van der Waals surface area (Å²) < 4.78 is 5.23. The average molecular weight is 470 g/mol. The largest absolute Gasteiger partial charge is 0.497 e. The second kappa shape index (κ2) is 10.2. The van der Waals surface area contributed by atoms with Gasteiger partial charge in [-0.15, -0.1) is 24.0 Å². The molecule has 1 fully saturated rings. The number of benzene rings is 1. The first kappa shape index (κ1) is 20.3. The van der Waals surface area contributed by atoms with Crippen molar-refractivity contribution in [1.82, 2.24) is 20.4 Å². The standard InChI is InChI=1S/C18H26N6O.HI/c1-3-19-18(20-14-15-8-9-21-22-15)24-12-10-23(11-13-24)16-4-6-17(25-2)7-5-16;/h4-9H,3,10-14H2,1-2H3,(H,19,20)(H,21,22);1H. The minimum absolute atomic E-state index is 0. The van der Waals surface area contributed by atoms with Crippen LogP contribution in [0.4, 0.5) is 5.69 Å². The van der Waals surface area contributed by atoms with Gasteiger partial charge in [0.05, 0.1) is 19.3 Å². The highest BCUT2D eigenvalue weighted by molar-refractivity contribution is 14.0. The number of rotatable bonds is 5. The second-order valence-electron chi connectivity index (χ2n) is 5.92. The topological polar surface area (TPSA) is 68.8 Å². The van der Waals surface area contributed by atoms with E-state index in [4.69, 9.17) is 9.73 Å². The monoisotopic (exact) mass is 470 g/mol. The van der Waals surface area contributed by atoms with E-state index in [-0.39, 0.29) is 24.0 Å². The fourth-order valence-corrected chi connectivity index (χ4v) is 2.93. The first-order chi connectivity index (χ1) is 12.3. The third kappa shape index (κ3) is 5.26. The summed E-state index contributed by atoms with van der Waals surface area (Å²) in [7, 11) is 1.69. The summed E-state index contributed by atoms with van der Waals surface area (Å²) in [6.07, 6.45) is 1.76. The van der Waals surface area contributed by atoms with Gasteiger partial charge in [0, 0.05) is 44.6 Å². The number of ether oxygens (including phenoxy) is 1. The maximum atomic E-state index is 5.23. The number of nitrogens with zero attached hydrogens (tertiary/aromatic N) is 4. The molecular weight excluding hydrogens is 443 g/mol. The molecule has 2 aromatic rings. The van der Waals surface area contributed by atoms with E-state index in [0.717, 1.165) is 50.1 Å². The molecule has 0 atom stereocenters. The van der Waals surface area contributed by atoms with Crippen molar-refractivity contribution in [2.75, 3.05) is 44.7 Å². The normalized spacial score (nSPS) is 14.8. The number of nitrogens with one attached hydrogen (secondary N) is 2. The number of guanidine groups is 1. The van der Waals surface area contributed by atoms with E-state index in [1.165, 1.54) is 5.69 Å². The lowest BCUT2D eigenvalue weighted by atomic mass is 10.2. The van der Waals surface area contributed by atoms with Gasteiger partial charge in [0.2, 0.25) is 0 Å². The van der Waals surface area contributed by atoms with Gasteiger partial charge in [-0.1, -0.05) is 0 Å². The van der Waals surface area contributed by atoms with Crippen LogP contribution in [0.25, 0.3) is 0 Å². The van der Waals surface area contributed by atoms with E-state index in [2.05, 4.69) is 44.4 Å². The molecule has 1 aromatic carbocycles. The number of methoxy groups -OCH3 is 1. The third-order valence-electron chi connectivity index (χ3n) is 4.31. The molecule has 3 rings (SSSR count). The first-order valence-corrected chi connectivity index (χ1v) is 8.70. The Bertz CT molecular complexity index is 665. The number of anilines is 1. The van der Waals surface area contributed by atoms with E-state index in [1.807, 2.05) is 18.2 Å². The number of hydrogen-bond donors (Lipinski definition) is 2. The molecule has 0 unspecified atom stereocenters. The molecule has 26 heavy (non-hydrogen) atoms. The fraction of sp³-hybridized carbons (Fsp3) is 0.444. The number of piperazine rings is 1. The van der Waals surface area contributed by atoms with Crippen LogP contribution < -0.4 is 15.0 Å². The lowest BCUT2D eigenvalue weighted by Crippen LogP contribution is -2.52. The minimum Gasteiger partial charge on any atom is -0.497 e. The van der Waals surface area contributed by atoms with Crippen LogP contribution in [0.3, 0.4) is 0 Å². The number of H-pyrrole nitrogens is 1. The third-order valence-corrected chi connectivity index (χ3v) is 4.31. The molecule has 0 spiro atoms. The van der Waals surface area contributed by atoms with Gasteiger partial charge in [-0.05, 0) is 37.3 Å². The molecule has 142 valence electrons. The van der Waals surface area contributed by atoms with Gasteiger partial charge in [-0.25, -0.2) is 4.99 Å². The van der Waals surface area contributed by atoms with Crippen LogP contribution in [0.15, 0.2) is 41.5 Å². The van der Waals surface area contributed by atoms with Gasteiger partial charge in [-0.2, -0.15) is 5.10 Å². The summed E-state index contributed by atoms with van der Waals surface area (Å²) in [5.74, 6) is 1.86. The van der Waals surface area contributed by atoms with Crippen LogP contribution in [0.5, 0.6) is 5.75 Å². The fourth-order valence-electron chi connectivity index (χ4n) is 2.93. The number of aromatic amines is 1. The molecule has 8 heteroatoms. The Hall–Kier alpha value is -1.97. The predicted molar refractivity (Wildman–Crippen MR) is 116 cm³/mol. The van der Waals surface area contributed by atoms with E-state index in [0.29, 0.717) is 6.54 Å². The number of hydrogen-bond acceptors (Lipinski definition) is 4. The molecule has 0 bridgehead atoms. The molecule has 0 amide bonds. The molecule has 1 saturated heterocycles. The van der Waals surface area contributed by atoms with Gasteiger partial charge in [0.15, 0.2) is 5.96 Å². The van der Waals surface area contributed by atoms with Crippen LogP contribution in [-0.4, -0.2) is 60.9 Å². The molecule has 0 saturated carbocycles. The summed E-state index contributed by atoms with van der Waals surface area (Å²) in [4.78, 5) is 9.44. The molecule has 0 radical (unpaired) electrons. The van der Waals surface area contributed by atoms with Gasteiger partial charge in [-0.3, -0.25) is 5.10 Å². The van der Waals surface area contributed by atoms with Gasteiger partial charge in [0.25, 0.3) is 0 Å². The van der Waals surface area contributed by atoms with Crippen LogP contribution in [-0.2, 0) is 6.54 Å². The highest BCUT2D eigenvalue weighted by Crippen LogP contribution is 2.20. The maximum Gasteiger partial charge on any atom is 0.194 e. The van der Waals surface area contributed by atoms with Crippen molar-refractivity contribution in [3.63, 3.8) is 0 Å². The zero-order valence-electron chi connectivity index (χ0n) is 15.3. The molecule has 0 aliphatic carbocycles. The van der Waals surface area contributed by atoms with Crippen molar-refractivity contribution in [2.45, 2.75) is 13.5 Å². The van der Waals surface area contributed by atoms with E-state index in [1.54, 1.807) is 13.3 Å². The number of halogens is 1. The van der Waals surface area contributed by atoms with E-state index >= 15 is 0 Å². The molecule has 2 heterocycles. The Morgan fingerprint density at radius 2 is 1.92 bits per heavy atom. The van der Waals surface area contributed by atoms with Crippen LogP contribution in [0.1, 0.15) is 12.6 Å². The smallest absolute Gasteiger partial charge is 0.194 e. The Balaban J connectivity index is 0.00000243. The average Bonchev–Trinajstić information content (AvgIpc) is 3.19. The number of aromatic nitrogens is 2. The van der Waals surface area contributed by atoms with E-state index < -0.39 is 0 Å². The van der Waals surface area contributed by atoms with Crippen LogP contribution in [0, 0.1) is 0 Å². The maximum absolute atomic E-state index is 5.23. The number of aliphatic imine (C=N–C) groups is 1. The zero-order valence-corrected chi connectivity index (χ0v) is 17.6. The van der Waals surface area contributed by atoms with Crippen molar-refractivity contribution in [2.24, 2.45) is 4.99 Å². The Labute approximate surface area is 171 Å². The SMILES string of the molecule is CCNC(=NCc1ccn[nH]1)N1CCN(c2ccc(OC)cc2)CC1.I. The molecular formula is C18H27IN6O. The zero-order chi connectivity index (χ0) is 17.5. The van der Waals surface area contributed by atoms with Gasteiger partial charge < -0.3 is 19.9 Å². The van der Waals surface area contributed by atoms with E-state index in [9.17, 15) is 0 Å². The second-order valence-corrected chi connectivity index (χ2v) is 5.92. The molecule has 7 nitrogen and oxygen atoms in total. The summed E-state index contributed by atoms with van der Waals surface area (Å²) in [6, 6.07) is 10.2. The van der Waals surface area contributed by atoms with Gasteiger partial charge in [0.1, 0.15) is 5.75 Å². The highest BCUT2D eigenvalue weighted by Gasteiger charge is 2.19. The van der Waals surface area contributed by atoms with Crippen molar-refractivity contribution < 1.29 is 4.74 Å². The van der Waals surface area contributed by atoms with Crippen LogP contribution in [0.2, 0.25) is 0 Å². The molecule has 1 aromatic heterocycles. The van der Waals surface area contributed by atoms with Crippen LogP contribution >= 0.6 is 24.0 Å². The summed E-state index contributed by atoms with van der Waals surface area (Å²) in [5, 5.41) is 10.3. The predicted octanol–water partition coefficient (Wildman–Crippen LogP) is 2.32. The van der Waals surface area contributed by atoms with Crippen molar-refractivity contribution in [3.05, 3.63) is 42.2 Å². The Morgan fingerprint density at radius 3 is 2.50 bits per heavy atom. The van der Waals surface area contributed by atoms with Crippen molar-refractivity contribution in [1.29, 1.82) is 0 Å². The highest BCUT2D eigenvalue weighted by atomic mass is 127. The van der Waals surface area contributed by atoms with Crippen molar-refractivity contribution in [3.8, 4) is 5.75 Å². The summed E-state index contributed by atoms with van der Waals surface area (Å²) in [5.41, 5.74) is 2.26. The lowest BCUT2D eigenvalue weighted by Gasteiger charge is -2.37. The molecule has 1 aliphatic heterocycles. The molecule has 1 aliphatic rings. The molecule has 2 N–H and O–H groups in total. The Kier molecular flexibility index (Phi) is 8.02. The minimum atomic E-state index is 0. The summed E-state index contributed by atoms with van der Waals surface area (Å²) >= 11 is 0. The Morgan fingerprint density at radius 1 is 1.19 bits per heavy atom. The van der Waals surface area contributed by atoms with Gasteiger partial charge >= 0.3 is 0 Å². The first-order valence-electron chi connectivity index (χ1n) is 8.70. The quantitative estimate of drug-likeness (QED) is 0.399. The van der Waals surface area contributed by atoms with Crippen molar-refractivity contribution >= 4 is 35.6 Å². The summed E-state index contributed by atoms with van der Waals surface area (Å²) in [6.45, 7) is 7.41.